The summed E-state index contributed by atoms with van der Waals surface area (Å²) in [6.45, 7) is 6.21. The summed E-state index contributed by atoms with van der Waals surface area (Å²) in [5.74, 6) is 0.607. The van der Waals surface area contributed by atoms with Crippen molar-refractivity contribution in [2.24, 2.45) is 5.73 Å². The van der Waals surface area contributed by atoms with Crippen LogP contribution in [0.1, 0.15) is 26.3 Å². The van der Waals surface area contributed by atoms with Gasteiger partial charge in [-0.3, -0.25) is 4.79 Å². The van der Waals surface area contributed by atoms with E-state index in [0.717, 1.165) is 11.3 Å². The summed E-state index contributed by atoms with van der Waals surface area (Å²) in [4.78, 5) is 11.9. The first-order valence-corrected chi connectivity index (χ1v) is 6.64. The van der Waals surface area contributed by atoms with Crippen molar-refractivity contribution >= 4 is 5.91 Å². The third-order valence-electron chi connectivity index (χ3n) is 2.98. The number of benzene rings is 1. The van der Waals surface area contributed by atoms with Crippen LogP contribution in [-0.4, -0.2) is 31.2 Å². The van der Waals surface area contributed by atoms with Crippen LogP contribution in [0.3, 0.4) is 0 Å². The fraction of sp³-hybridized carbons (Fsp3) is 0.533. The van der Waals surface area contributed by atoms with Gasteiger partial charge in [0.15, 0.2) is 0 Å². The molecule has 0 spiro atoms. The van der Waals surface area contributed by atoms with Crippen LogP contribution >= 0.6 is 0 Å². The van der Waals surface area contributed by atoms with Crippen LogP contribution in [0.5, 0.6) is 5.75 Å². The number of methoxy groups -OCH3 is 1. The molecule has 0 heterocycles. The molecule has 20 heavy (non-hydrogen) atoms. The fourth-order valence-corrected chi connectivity index (χ4v) is 1.55. The minimum Gasteiger partial charge on any atom is -0.497 e. The molecule has 1 amide bonds. The number of hydrogen-bond donors (Lipinski definition) is 2. The van der Waals surface area contributed by atoms with E-state index in [1.807, 2.05) is 38.1 Å². The molecule has 3 N–H and O–H groups in total. The topological polar surface area (TPSA) is 73.6 Å². The molecule has 1 atom stereocenters. The van der Waals surface area contributed by atoms with E-state index in [1.165, 1.54) is 0 Å². The molecule has 0 bridgehead atoms. The van der Waals surface area contributed by atoms with Crippen molar-refractivity contribution < 1.29 is 14.3 Å². The molecule has 0 fully saturated rings. The highest BCUT2D eigenvalue weighted by Crippen LogP contribution is 2.14. The SMILES string of the molecule is COc1cccc(COC(C)C(=O)NC(C)(C)CN)c1. The summed E-state index contributed by atoms with van der Waals surface area (Å²) in [5, 5.41) is 2.85. The Hall–Kier alpha value is -1.59. The molecule has 112 valence electrons. The van der Waals surface area contributed by atoms with Gasteiger partial charge in [-0.15, -0.1) is 0 Å². The van der Waals surface area contributed by atoms with Gasteiger partial charge in [-0.1, -0.05) is 12.1 Å². The van der Waals surface area contributed by atoms with Crippen LogP contribution in [0.25, 0.3) is 0 Å². The summed E-state index contributed by atoms with van der Waals surface area (Å²) >= 11 is 0. The van der Waals surface area contributed by atoms with Crippen LogP contribution in [-0.2, 0) is 16.1 Å². The number of nitrogens with one attached hydrogen (secondary N) is 1. The van der Waals surface area contributed by atoms with Crippen LogP contribution in [0, 0.1) is 0 Å². The van der Waals surface area contributed by atoms with Crippen molar-refractivity contribution in [3.8, 4) is 5.75 Å². The van der Waals surface area contributed by atoms with Gasteiger partial charge in [-0.05, 0) is 38.5 Å². The molecule has 0 aliphatic carbocycles. The lowest BCUT2D eigenvalue weighted by atomic mass is 10.1. The van der Waals surface area contributed by atoms with Crippen molar-refractivity contribution in [1.82, 2.24) is 5.32 Å². The van der Waals surface area contributed by atoms with E-state index in [2.05, 4.69) is 5.32 Å². The number of nitrogens with two attached hydrogens (primary N) is 1. The smallest absolute Gasteiger partial charge is 0.249 e. The second-order valence-corrected chi connectivity index (χ2v) is 5.38. The van der Waals surface area contributed by atoms with Crippen LogP contribution < -0.4 is 15.8 Å². The summed E-state index contributed by atoms with van der Waals surface area (Å²) in [6.07, 6.45) is -0.535. The zero-order valence-electron chi connectivity index (χ0n) is 12.6. The van der Waals surface area contributed by atoms with E-state index in [9.17, 15) is 4.79 Å². The molecule has 0 saturated heterocycles. The predicted octanol–water partition coefficient (Wildman–Crippen LogP) is 1.45. The molecule has 0 radical (unpaired) electrons. The van der Waals surface area contributed by atoms with Crippen LogP contribution in [0.15, 0.2) is 24.3 Å². The molecule has 0 aliphatic rings. The fourth-order valence-electron chi connectivity index (χ4n) is 1.55. The Labute approximate surface area is 120 Å². The van der Waals surface area contributed by atoms with Gasteiger partial charge in [0.05, 0.1) is 13.7 Å². The van der Waals surface area contributed by atoms with Crippen LogP contribution in [0.2, 0.25) is 0 Å². The maximum Gasteiger partial charge on any atom is 0.249 e. The molecule has 1 aromatic rings. The van der Waals surface area contributed by atoms with Gasteiger partial charge in [0.2, 0.25) is 5.91 Å². The van der Waals surface area contributed by atoms with Gasteiger partial charge in [0.25, 0.3) is 0 Å². The first-order chi connectivity index (χ1) is 9.38. The van der Waals surface area contributed by atoms with Gasteiger partial charge in [0, 0.05) is 12.1 Å². The van der Waals surface area contributed by atoms with E-state index < -0.39 is 11.6 Å². The summed E-state index contributed by atoms with van der Waals surface area (Å²) in [7, 11) is 1.62. The average Bonchev–Trinajstić information content (AvgIpc) is 2.44. The lowest BCUT2D eigenvalue weighted by molar-refractivity contribution is -0.134. The Bertz CT molecular complexity index is 446. The highest BCUT2D eigenvalue weighted by molar-refractivity contribution is 5.81. The summed E-state index contributed by atoms with van der Waals surface area (Å²) in [6, 6.07) is 7.56. The number of carbonyl (C=O) groups excluding carboxylic acids is 1. The quantitative estimate of drug-likeness (QED) is 0.793. The molecule has 5 heteroatoms. The normalized spacial score (nSPS) is 12.8. The largest absolute Gasteiger partial charge is 0.497 e. The van der Waals surface area contributed by atoms with Crippen molar-refractivity contribution in [3.63, 3.8) is 0 Å². The summed E-state index contributed by atoms with van der Waals surface area (Å²) < 4.78 is 10.7. The Morgan fingerprint density at radius 3 is 2.75 bits per heavy atom. The van der Waals surface area contributed by atoms with Gasteiger partial charge in [0.1, 0.15) is 11.9 Å². The number of hydrogen-bond acceptors (Lipinski definition) is 4. The monoisotopic (exact) mass is 280 g/mol. The van der Waals surface area contributed by atoms with Gasteiger partial charge in [-0.2, -0.15) is 0 Å². The zero-order chi connectivity index (χ0) is 15.2. The van der Waals surface area contributed by atoms with Gasteiger partial charge < -0.3 is 20.5 Å². The molecule has 1 rings (SSSR count). The first kappa shape index (κ1) is 16.5. The lowest BCUT2D eigenvalue weighted by Gasteiger charge is -2.26. The minimum atomic E-state index is -0.535. The van der Waals surface area contributed by atoms with E-state index in [0.29, 0.717) is 13.2 Å². The Kier molecular flexibility index (Phi) is 5.98. The number of carbonyl (C=O) groups is 1. The molecular formula is C15H24N2O3. The van der Waals surface area contributed by atoms with Gasteiger partial charge in [-0.25, -0.2) is 0 Å². The molecule has 1 unspecified atom stereocenters. The lowest BCUT2D eigenvalue weighted by Crippen LogP contribution is -2.52. The van der Waals surface area contributed by atoms with Crippen LogP contribution in [0.4, 0.5) is 0 Å². The van der Waals surface area contributed by atoms with Crippen molar-refractivity contribution in [2.75, 3.05) is 13.7 Å². The standard InChI is InChI=1S/C15H24N2O3/c1-11(14(18)17-15(2,3)10-16)20-9-12-6-5-7-13(8-12)19-4/h5-8,11H,9-10,16H2,1-4H3,(H,17,18). The first-order valence-electron chi connectivity index (χ1n) is 6.64. The molecule has 0 aromatic heterocycles. The maximum absolute atomic E-state index is 11.9. The highest BCUT2D eigenvalue weighted by Gasteiger charge is 2.22. The molecule has 0 aliphatic heterocycles. The average molecular weight is 280 g/mol. The van der Waals surface area contributed by atoms with E-state index in [-0.39, 0.29) is 5.91 Å². The highest BCUT2D eigenvalue weighted by atomic mass is 16.5. The summed E-state index contributed by atoms with van der Waals surface area (Å²) in [5.41, 5.74) is 6.12. The zero-order valence-corrected chi connectivity index (χ0v) is 12.6. The van der Waals surface area contributed by atoms with E-state index >= 15 is 0 Å². The van der Waals surface area contributed by atoms with E-state index in [4.69, 9.17) is 15.2 Å². The maximum atomic E-state index is 11.9. The molecule has 1 aromatic carbocycles. The second-order valence-electron chi connectivity index (χ2n) is 5.38. The second kappa shape index (κ2) is 7.26. The third kappa shape index (κ3) is 5.19. The Morgan fingerprint density at radius 1 is 1.45 bits per heavy atom. The van der Waals surface area contributed by atoms with Crippen molar-refractivity contribution in [3.05, 3.63) is 29.8 Å². The Morgan fingerprint density at radius 2 is 2.15 bits per heavy atom. The molecule has 0 saturated carbocycles. The van der Waals surface area contributed by atoms with Crippen molar-refractivity contribution in [2.45, 2.75) is 39.0 Å². The minimum absolute atomic E-state index is 0.164. The number of rotatable bonds is 7. The third-order valence-corrected chi connectivity index (χ3v) is 2.98. The van der Waals surface area contributed by atoms with Gasteiger partial charge >= 0.3 is 0 Å². The predicted molar refractivity (Wildman–Crippen MR) is 78.5 cm³/mol. The number of amides is 1. The Balaban J connectivity index is 2.50. The number of ether oxygens (including phenoxy) is 2. The van der Waals surface area contributed by atoms with E-state index in [1.54, 1.807) is 14.0 Å². The molecular weight excluding hydrogens is 256 g/mol. The molecule has 5 nitrogen and oxygen atoms in total. The van der Waals surface area contributed by atoms with Crippen molar-refractivity contribution in [1.29, 1.82) is 0 Å².